The van der Waals surface area contributed by atoms with Gasteiger partial charge in [0.15, 0.2) is 5.82 Å². The number of nitrogens with two attached hydrogens (primary N) is 1. The molecule has 0 aromatic carbocycles. The van der Waals surface area contributed by atoms with Gasteiger partial charge in [0.2, 0.25) is 5.89 Å². The lowest BCUT2D eigenvalue weighted by atomic mass is 10.00. The molecule has 0 radical (unpaired) electrons. The molecule has 96 valence electrons. The first-order valence-corrected chi connectivity index (χ1v) is 7.36. The Bertz CT molecular complexity index is 339. The highest BCUT2D eigenvalue weighted by Gasteiger charge is 2.23. The standard InChI is InChI=1S/C11H19N3O2S/c1-17-7-4-9(12)11-13-10(14-16-11)8-2-5-15-6-3-8/h8-9H,2-7,12H2,1H3. The largest absolute Gasteiger partial charge is 0.381 e. The van der Waals surface area contributed by atoms with E-state index in [0.717, 1.165) is 44.1 Å². The van der Waals surface area contributed by atoms with Crippen molar-refractivity contribution in [1.82, 2.24) is 10.1 Å². The number of nitrogens with zero attached hydrogens (tertiary/aromatic N) is 2. The van der Waals surface area contributed by atoms with Crippen molar-refractivity contribution < 1.29 is 9.26 Å². The van der Waals surface area contributed by atoms with E-state index in [1.165, 1.54) is 0 Å². The molecular weight excluding hydrogens is 238 g/mol. The average molecular weight is 257 g/mol. The third-order valence-corrected chi connectivity index (χ3v) is 3.64. The molecule has 1 aromatic rings. The van der Waals surface area contributed by atoms with Crippen molar-refractivity contribution in [1.29, 1.82) is 0 Å². The topological polar surface area (TPSA) is 74.2 Å². The molecule has 1 aliphatic heterocycles. The van der Waals surface area contributed by atoms with Gasteiger partial charge in [0, 0.05) is 19.1 Å². The Kier molecular flexibility index (Phi) is 4.82. The number of thioether (sulfide) groups is 1. The van der Waals surface area contributed by atoms with E-state index in [-0.39, 0.29) is 6.04 Å². The highest BCUT2D eigenvalue weighted by Crippen LogP contribution is 2.25. The van der Waals surface area contributed by atoms with Crippen LogP contribution in [0.25, 0.3) is 0 Å². The zero-order valence-electron chi connectivity index (χ0n) is 10.1. The molecule has 0 aliphatic carbocycles. The molecule has 1 aromatic heterocycles. The molecular formula is C11H19N3O2S. The lowest BCUT2D eigenvalue weighted by Crippen LogP contribution is -2.16. The van der Waals surface area contributed by atoms with Gasteiger partial charge < -0.3 is 15.0 Å². The summed E-state index contributed by atoms with van der Waals surface area (Å²) in [5, 5.41) is 4.04. The first kappa shape index (κ1) is 12.9. The maximum atomic E-state index is 5.99. The van der Waals surface area contributed by atoms with E-state index in [1.807, 2.05) is 0 Å². The van der Waals surface area contributed by atoms with Crippen molar-refractivity contribution in [2.75, 3.05) is 25.2 Å². The van der Waals surface area contributed by atoms with Gasteiger partial charge >= 0.3 is 0 Å². The highest BCUT2D eigenvalue weighted by molar-refractivity contribution is 7.98. The molecule has 2 N–H and O–H groups in total. The van der Waals surface area contributed by atoms with E-state index in [1.54, 1.807) is 11.8 Å². The minimum absolute atomic E-state index is 0.136. The third kappa shape index (κ3) is 3.43. The predicted octanol–water partition coefficient (Wildman–Crippen LogP) is 1.72. The molecule has 0 amide bonds. The maximum Gasteiger partial charge on any atom is 0.243 e. The van der Waals surface area contributed by atoms with E-state index in [0.29, 0.717) is 11.8 Å². The minimum Gasteiger partial charge on any atom is -0.381 e. The van der Waals surface area contributed by atoms with Gasteiger partial charge in [-0.25, -0.2) is 0 Å². The quantitative estimate of drug-likeness (QED) is 0.865. The second-order valence-corrected chi connectivity index (χ2v) is 5.25. The Morgan fingerprint density at radius 2 is 2.24 bits per heavy atom. The summed E-state index contributed by atoms with van der Waals surface area (Å²) in [4.78, 5) is 4.42. The molecule has 1 saturated heterocycles. The Morgan fingerprint density at radius 1 is 1.47 bits per heavy atom. The summed E-state index contributed by atoms with van der Waals surface area (Å²) in [6.45, 7) is 1.57. The molecule has 17 heavy (non-hydrogen) atoms. The summed E-state index contributed by atoms with van der Waals surface area (Å²) < 4.78 is 10.6. The van der Waals surface area contributed by atoms with Gasteiger partial charge in [-0.3, -0.25) is 0 Å². The molecule has 1 aliphatic rings. The van der Waals surface area contributed by atoms with Crippen molar-refractivity contribution in [2.24, 2.45) is 5.73 Å². The minimum atomic E-state index is -0.136. The summed E-state index contributed by atoms with van der Waals surface area (Å²) in [5.74, 6) is 2.74. The van der Waals surface area contributed by atoms with Gasteiger partial charge in [0.25, 0.3) is 0 Å². The van der Waals surface area contributed by atoms with Crippen LogP contribution in [0.1, 0.15) is 42.9 Å². The van der Waals surface area contributed by atoms with Gasteiger partial charge in [-0.1, -0.05) is 5.16 Å². The molecule has 1 unspecified atom stereocenters. The monoisotopic (exact) mass is 257 g/mol. The fourth-order valence-corrected chi connectivity index (χ4v) is 2.38. The van der Waals surface area contributed by atoms with Crippen molar-refractivity contribution in [3.8, 4) is 0 Å². The van der Waals surface area contributed by atoms with Crippen LogP contribution in [0.4, 0.5) is 0 Å². The molecule has 0 bridgehead atoms. The summed E-state index contributed by atoms with van der Waals surface area (Å²) in [6.07, 6.45) is 4.88. The molecule has 0 saturated carbocycles. The maximum absolute atomic E-state index is 5.99. The van der Waals surface area contributed by atoms with Crippen LogP contribution in [0, 0.1) is 0 Å². The zero-order valence-corrected chi connectivity index (χ0v) is 10.9. The number of rotatable bonds is 5. The van der Waals surface area contributed by atoms with Gasteiger partial charge in [-0.15, -0.1) is 0 Å². The number of hydrogen-bond donors (Lipinski definition) is 1. The molecule has 2 rings (SSSR count). The van der Waals surface area contributed by atoms with Crippen LogP contribution in [0.15, 0.2) is 4.52 Å². The van der Waals surface area contributed by atoms with Crippen LogP contribution in [0.3, 0.4) is 0 Å². The Labute approximate surface area is 105 Å². The van der Waals surface area contributed by atoms with Gasteiger partial charge in [0.1, 0.15) is 0 Å². The summed E-state index contributed by atoms with van der Waals surface area (Å²) in [7, 11) is 0. The van der Waals surface area contributed by atoms with Crippen molar-refractivity contribution >= 4 is 11.8 Å². The fraction of sp³-hybridized carbons (Fsp3) is 0.818. The van der Waals surface area contributed by atoms with Crippen LogP contribution in [0.2, 0.25) is 0 Å². The first-order chi connectivity index (χ1) is 8.31. The smallest absolute Gasteiger partial charge is 0.243 e. The van der Waals surface area contributed by atoms with Crippen LogP contribution in [0.5, 0.6) is 0 Å². The van der Waals surface area contributed by atoms with Gasteiger partial charge in [0.05, 0.1) is 6.04 Å². The second kappa shape index (κ2) is 6.37. The van der Waals surface area contributed by atoms with Crippen molar-refractivity contribution in [3.63, 3.8) is 0 Å². The van der Waals surface area contributed by atoms with E-state index in [4.69, 9.17) is 15.0 Å². The van der Waals surface area contributed by atoms with Gasteiger partial charge in [-0.2, -0.15) is 16.7 Å². The summed E-state index contributed by atoms with van der Waals surface area (Å²) >= 11 is 1.77. The summed E-state index contributed by atoms with van der Waals surface area (Å²) in [6, 6.07) is -0.136. The normalized spacial score (nSPS) is 19.4. The van der Waals surface area contributed by atoms with E-state index < -0.39 is 0 Å². The highest BCUT2D eigenvalue weighted by atomic mass is 32.2. The number of hydrogen-bond acceptors (Lipinski definition) is 6. The fourth-order valence-electron chi connectivity index (χ4n) is 1.89. The van der Waals surface area contributed by atoms with Crippen LogP contribution < -0.4 is 5.73 Å². The van der Waals surface area contributed by atoms with Crippen molar-refractivity contribution in [3.05, 3.63) is 11.7 Å². The summed E-state index contributed by atoms with van der Waals surface area (Å²) in [5.41, 5.74) is 5.99. The number of ether oxygens (including phenoxy) is 1. The van der Waals surface area contributed by atoms with E-state index >= 15 is 0 Å². The average Bonchev–Trinajstić information content (AvgIpc) is 2.86. The molecule has 1 atom stereocenters. The number of aromatic nitrogens is 2. The van der Waals surface area contributed by atoms with Crippen LogP contribution in [-0.4, -0.2) is 35.4 Å². The predicted molar refractivity (Wildman–Crippen MR) is 67.0 cm³/mol. The second-order valence-electron chi connectivity index (χ2n) is 4.27. The van der Waals surface area contributed by atoms with Gasteiger partial charge in [-0.05, 0) is 31.3 Å². The Morgan fingerprint density at radius 3 is 2.94 bits per heavy atom. The van der Waals surface area contributed by atoms with Crippen LogP contribution in [-0.2, 0) is 4.74 Å². The van der Waals surface area contributed by atoms with Crippen molar-refractivity contribution in [2.45, 2.75) is 31.2 Å². The van der Waals surface area contributed by atoms with E-state index in [2.05, 4.69) is 16.4 Å². The third-order valence-electron chi connectivity index (χ3n) is 2.99. The molecule has 0 spiro atoms. The van der Waals surface area contributed by atoms with Crippen LogP contribution >= 0.6 is 11.8 Å². The SMILES string of the molecule is CSCCC(N)c1nc(C2CCOCC2)no1. The Hall–Kier alpha value is -0.590. The molecule has 2 heterocycles. The Balaban J connectivity index is 1.94. The molecule has 6 heteroatoms. The zero-order chi connectivity index (χ0) is 12.1. The lowest BCUT2D eigenvalue weighted by molar-refractivity contribution is 0.0830. The molecule has 5 nitrogen and oxygen atoms in total. The van der Waals surface area contributed by atoms with E-state index in [9.17, 15) is 0 Å². The molecule has 1 fully saturated rings. The first-order valence-electron chi connectivity index (χ1n) is 5.97. The lowest BCUT2D eigenvalue weighted by Gasteiger charge is -2.18.